The van der Waals surface area contributed by atoms with Crippen molar-refractivity contribution in [3.05, 3.63) is 0 Å². The van der Waals surface area contributed by atoms with Gasteiger partial charge in [0, 0.05) is 34.3 Å². The summed E-state index contributed by atoms with van der Waals surface area (Å²) in [6, 6.07) is -0.922. The zero-order valence-electron chi connectivity index (χ0n) is 15.5. The van der Waals surface area contributed by atoms with Gasteiger partial charge in [-0.1, -0.05) is 0 Å². The molecule has 1 fully saturated rings. The molecule has 1 saturated heterocycles. The quantitative estimate of drug-likeness (QED) is 0.470. The van der Waals surface area contributed by atoms with E-state index in [1.807, 2.05) is 0 Å². The second kappa shape index (κ2) is 10.1. The lowest BCUT2D eigenvalue weighted by Crippen LogP contribution is -2.66. The van der Waals surface area contributed by atoms with Crippen LogP contribution in [0.25, 0.3) is 0 Å². The Morgan fingerprint density at radius 3 is 1.96 bits per heavy atom. The smallest absolute Gasteiger partial charge is 0.303 e. The van der Waals surface area contributed by atoms with Crippen LogP contribution in [0.4, 0.5) is 0 Å². The third-order valence-electron chi connectivity index (χ3n) is 3.40. The van der Waals surface area contributed by atoms with Crippen molar-refractivity contribution in [1.82, 2.24) is 5.32 Å². The van der Waals surface area contributed by atoms with E-state index in [2.05, 4.69) is 5.32 Å². The molecule has 10 nitrogen and oxygen atoms in total. The van der Waals surface area contributed by atoms with Gasteiger partial charge >= 0.3 is 17.9 Å². The minimum Gasteiger partial charge on any atom is -0.463 e. The van der Waals surface area contributed by atoms with Gasteiger partial charge in [-0.15, -0.1) is 0 Å². The molecule has 148 valence electrons. The molecule has 0 aromatic rings. The van der Waals surface area contributed by atoms with Crippen molar-refractivity contribution < 1.29 is 42.9 Å². The number of esters is 3. The Hall–Kier alpha value is -2.20. The van der Waals surface area contributed by atoms with E-state index in [0.717, 1.165) is 0 Å². The monoisotopic (exact) mass is 375 g/mol. The maximum absolute atomic E-state index is 11.6. The highest BCUT2D eigenvalue weighted by Crippen LogP contribution is 2.27. The topological polar surface area (TPSA) is 126 Å². The van der Waals surface area contributed by atoms with Crippen LogP contribution in [0, 0.1) is 0 Å². The molecule has 1 aliphatic rings. The van der Waals surface area contributed by atoms with E-state index in [-0.39, 0.29) is 13.2 Å². The van der Waals surface area contributed by atoms with Crippen molar-refractivity contribution in [2.75, 3.05) is 13.2 Å². The van der Waals surface area contributed by atoms with E-state index in [1.54, 1.807) is 6.92 Å². The third-order valence-corrected chi connectivity index (χ3v) is 3.40. The van der Waals surface area contributed by atoms with Crippen molar-refractivity contribution in [3.63, 3.8) is 0 Å². The number of carbonyl (C=O) groups excluding carboxylic acids is 4. The minimum atomic E-state index is -1.11. The van der Waals surface area contributed by atoms with Gasteiger partial charge in [0.05, 0.1) is 0 Å². The van der Waals surface area contributed by atoms with Gasteiger partial charge in [0.2, 0.25) is 5.91 Å². The lowest BCUT2D eigenvalue weighted by Gasteiger charge is -2.44. The number of rotatable bonds is 7. The van der Waals surface area contributed by atoms with E-state index in [9.17, 15) is 19.2 Å². The first-order valence-electron chi connectivity index (χ1n) is 8.17. The summed E-state index contributed by atoms with van der Waals surface area (Å²) in [5, 5.41) is 2.60. The van der Waals surface area contributed by atoms with Crippen LogP contribution in [-0.2, 0) is 42.9 Å². The number of hydrogen-bond acceptors (Lipinski definition) is 9. The van der Waals surface area contributed by atoms with Crippen LogP contribution in [-0.4, -0.2) is 67.7 Å². The molecular weight excluding hydrogens is 350 g/mol. The average molecular weight is 375 g/mol. The molecule has 26 heavy (non-hydrogen) atoms. The van der Waals surface area contributed by atoms with Crippen LogP contribution in [0.2, 0.25) is 0 Å². The van der Waals surface area contributed by atoms with E-state index >= 15 is 0 Å². The Kier molecular flexibility index (Phi) is 8.46. The van der Waals surface area contributed by atoms with Crippen LogP contribution in [0.15, 0.2) is 0 Å². The molecule has 0 radical (unpaired) electrons. The highest BCUT2D eigenvalue weighted by Gasteiger charge is 2.51. The summed E-state index contributed by atoms with van der Waals surface area (Å²) >= 11 is 0. The molecule has 1 N–H and O–H groups in total. The third kappa shape index (κ3) is 6.60. The zero-order valence-corrected chi connectivity index (χ0v) is 15.5. The predicted molar refractivity (Wildman–Crippen MR) is 85.6 cm³/mol. The molecule has 0 bridgehead atoms. The zero-order chi connectivity index (χ0) is 19.9. The van der Waals surface area contributed by atoms with Gasteiger partial charge in [-0.25, -0.2) is 0 Å². The number of amides is 1. The van der Waals surface area contributed by atoms with Gasteiger partial charge in [-0.2, -0.15) is 0 Å². The predicted octanol–water partition coefficient (Wildman–Crippen LogP) is -0.321. The molecule has 0 aliphatic carbocycles. The summed E-state index contributed by atoms with van der Waals surface area (Å²) in [6.45, 7) is 6.56. The lowest BCUT2D eigenvalue weighted by atomic mass is 9.96. The summed E-state index contributed by atoms with van der Waals surface area (Å²) in [4.78, 5) is 45.8. The van der Waals surface area contributed by atoms with Crippen molar-refractivity contribution in [3.8, 4) is 0 Å². The van der Waals surface area contributed by atoms with Gasteiger partial charge in [0.15, 0.2) is 18.5 Å². The van der Waals surface area contributed by atoms with E-state index in [1.165, 1.54) is 27.7 Å². The second-order valence-electron chi connectivity index (χ2n) is 5.68. The first kappa shape index (κ1) is 21.8. The van der Waals surface area contributed by atoms with Crippen LogP contribution in [0.3, 0.4) is 0 Å². The maximum atomic E-state index is 11.6. The Balaban J connectivity index is 3.22. The summed E-state index contributed by atoms with van der Waals surface area (Å²) in [6.07, 6.45) is -4.15. The average Bonchev–Trinajstić information content (AvgIpc) is 2.50. The van der Waals surface area contributed by atoms with E-state index in [0.29, 0.717) is 0 Å². The van der Waals surface area contributed by atoms with Crippen LogP contribution in [0.5, 0.6) is 0 Å². The molecule has 10 heteroatoms. The molecule has 1 rings (SSSR count). The van der Waals surface area contributed by atoms with Crippen molar-refractivity contribution >= 4 is 23.8 Å². The molecule has 0 saturated carbocycles. The lowest BCUT2D eigenvalue weighted by molar-refractivity contribution is -0.276. The molecule has 4 unspecified atom stereocenters. The Morgan fingerprint density at radius 1 is 0.923 bits per heavy atom. The van der Waals surface area contributed by atoms with Gasteiger partial charge in [0.1, 0.15) is 18.8 Å². The minimum absolute atomic E-state index is 0.242. The van der Waals surface area contributed by atoms with Gasteiger partial charge < -0.3 is 29.0 Å². The largest absolute Gasteiger partial charge is 0.463 e. The molecule has 1 amide bonds. The molecular formula is C16H25NO9. The fraction of sp³-hybridized carbons (Fsp3) is 0.750. The standard InChI is InChI=1S/C16H25NO9/c1-6-22-16-13(17-8(2)18)15(25-11(5)21)14(24-10(4)20)12(26-16)7-23-9(3)19/h12-16H,6-7H2,1-5H3,(H,17,18)/t12?,13?,14?,15?,16-/m1/s1. The van der Waals surface area contributed by atoms with Gasteiger partial charge in [-0.05, 0) is 6.92 Å². The number of ether oxygens (including phenoxy) is 5. The summed E-state index contributed by atoms with van der Waals surface area (Å²) in [7, 11) is 0. The summed E-state index contributed by atoms with van der Waals surface area (Å²) < 4.78 is 26.7. The number of hydrogen-bond donors (Lipinski definition) is 1. The number of carbonyl (C=O) groups is 4. The molecule has 0 aromatic carbocycles. The SMILES string of the molecule is CCO[C@@H]1OC(COC(C)=O)C(OC(C)=O)C(OC(C)=O)C1NC(C)=O. The van der Waals surface area contributed by atoms with Crippen LogP contribution >= 0.6 is 0 Å². The molecule has 0 spiro atoms. The van der Waals surface area contributed by atoms with Crippen LogP contribution < -0.4 is 5.32 Å². The normalized spacial score (nSPS) is 28.0. The van der Waals surface area contributed by atoms with Gasteiger partial charge in [0.25, 0.3) is 0 Å². The van der Waals surface area contributed by atoms with Crippen molar-refractivity contribution in [1.29, 1.82) is 0 Å². The van der Waals surface area contributed by atoms with Crippen LogP contribution in [0.1, 0.15) is 34.6 Å². The molecule has 1 aliphatic heterocycles. The molecule has 0 aromatic heterocycles. The van der Waals surface area contributed by atoms with E-state index in [4.69, 9.17) is 23.7 Å². The second-order valence-corrected chi connectivity index (χ2v) is 5.68. The maximum Gasteiger partial charge on any atom is 0.303 e. The molecule has 5 atom stereocenters. The van der Waals surface area contributed by atoms with Gasteiger partial charge in [-0.3, -0.25) is 19.2 Å². The number of nitrogens with one attached hydrogen (secondary N) is 1. The van der Waals surface area contributed by atoms with E-state index < -0.39 is 54.5 Å². The highest BCUT2D eigenvalue weighted by molar-refractivity contribution is 5.73. The van der Waals surface area contributed by atoms with Crippen molar-refractivity contribution in [2.45, 2.75) is 65.3 Å². The van der Waals surface area contributed by atoms with Crippen molar-refractivity contribution in [2.24, 2.45) is 0 Å². The first-order chi connectivity index (χ1) is 12.1. The Bertz CT molecular complexity index is 536. The first-order valence-corrected chi connectivity index (χ1v) is 8.17. The Morgan fingerprint density at radius 2 is 1.50 bits per heavy atom. The fourth-order valence-electron chi connectivity index (χ4n) is 2.60. The summed E-state index contributed by atoms with van der Waals surface area (Å²) in [5.74, 6) is -2.28. The summed E-state index contributed by atoms with van der Waals surface area (Å²) in [5.41, 5.74) is 0. The highest BCUT2D eigenvalue weighted by atomic mass is 16.7. The Labute approximate surface area is 151 Å². The fourth-order valence-corrected chi connectivity index (χ4v) is 2.60. The molecule has 1 heterocycles.